The van der Waals surface area contributed by atoms with Crippen LogP contribution in [-0.4, -0.2) is 13.5 Å². The van der Waals surface area contributed by atoms with Crippen LogP contribution in [0.1, 0.15) is 18.6 Å². The van der Waals surface area contributed by atoms with Crippen LogP contribution in [0.4, 0.5) is 10.1 Å². The van der Waals surface area contributed by atoms with Gasteiger partial charge in [0, 0.05) is 0 Å². The van der Waals surface area contributed by atoms with Crippen LogP contribution in [0.3, 0.4) is 0 Å². The Labute approximate surface area is 130 Å². The van der Waals surface area contributed by atoms with Crippen LogP contribution in [0.2, 0.25) is 0 Å². The van der Waals surface area contributed by atoms with Crippen LogP contribution in [0, 0.1) is 5.82 Å². The smallest absolute Gasteiger partial charge is 0.261 e. The normalized spacial score (nSPS) is 13.0. The molecule has 2 aromatic rings. The van der Waals surface area contributed by atoms with E-state index in [4.69, 9.17) is 0 Å². The molecule has 1 atom stereocenters. The minimum atomic E-state index is -3.80. The lowest BCUT2D eigenvalue weighted by atomic mass is 10.1. The van der Waals surface area contributed by atoms with Crippen LogP contribution in [0.5, 0.6) is 0 Å². The summed E-state index contributed by atoms with van der Waals surface area (Å²) in [5, 5.41) is 9.40. The molecule has 1 unspecified atom stereocenters. The van der Waals surface area contributed by atoms with Gasteiger partial charge in [-0.05, 0) is 58.7 Å². The van der Waals surface area contributed by atoms with E-state index < -0.39 is 21.9 Å². The number of halogens is 2. The second-order valence-corrected chi connectivity index (χ2v) is 7.02. The van der Waals surface area contributed by atoms with Gasteiger partial charge in [-0.25, -0.2) is 12.8 Å². The zero-order valence-electron chi connectivity index (χ0n) is 11.0. The molecule has 0 aromatic heterocycles. The zero-order valence-corrected chi connectivity index (χ0v) is 13.4. The van der Waals surface area contributed by atoms with E-state index >= 15 is 0 Å². The van der Waals surface area contributed by atoms with E-state index in [-0.39, 0.29) is 15.1 Å². The van der Waals surface area contributed by atoms with Gasteiger partial charge in [0.25, 0.3) is 10.0 Å². The molecular weight excluding hydrogens is 361 g/mol. The van der Waals surface area contributed by atoms with E-state index in [0.29, 0.717) is 5.56 Å². The lowest BCUT2D eigenvalue weighted by molar-refractivity contribution is 0.199. The third kappa shape index (κ3) is 3.81. The Bertz CT molecular complexity index is 745. The molecule has 0 aliphatic heterocycles. The maximum absolute atomic E-state index is 13.4. The second kappa shape index (κ2) is 6.13. The van der Waals surface area contributed by atoms with Gasteiger partial charge in [-0.2, -0.15) is 0 Å². The summed E-state index contributed by atoms with van der Waals surface area (Å²) < 4.78 is 40.3. The van der Waals surface area contributed by atoms with Crippen molar-refractivity contribution < 1.29 is 17.9 Å². The van der Waals surface area contributed by atoms with Crippen LogP contribution >= 0.6 is 15.9 Å². The molecule has 21 heavy (non-hydrogen) atoms. The van der Waals surface area contributed by atoms with Crippen LogP contribution in [0.25, 0.3) is 0 Å². The maximum Gasteiger partial charge on any atom is 0.261 e. The molecule has 0 aliphatic rings. The molecular formula is C14H13BrFNO3S. The SMILES string of the molecule is CC(O)c1ccc(S(=O)(=O)Nc2ccc(Br)c(F)c2)cc1. The van der Waals surface area contributed by atoms with Gasteiger partial charge in [-0.3, -0.25) is 4.72 Å². The highest BCUT2D eigenvalue weighted by Gasteiger charge is 2.15. The molecule has 2 rings (SSSR count). The minimum absolute atomic E-state index is 0.0372. The van der Waals surface area contributed by atoms with E-state index in [1.165, 1.54) is 36.4 Å². The van der Waals surface area contributed by atoms with Crippen molar-refractivity contribution in [1.82, 2.24) is 0 Å². The van der Waals surface area contributed by atoms with E-state index in [1.807, 2.05) is 0 Å². The lowest BCUT2D eigenvalue weighted by Crippen LogP contribution is -2.13. The van der Waals surface area contributed by atoms with Gasteiger partial charge in [-0.1, -0.05) is 12.1 Å². The first-order chi connectivity index (χ1) is 9.79. The quantitative estimate of drug-likeness (QED) is 0.862. The van der Waals surface area contributed by atoms with Crippen molar-refractivity contribution in [3.63, 3.8) is 0 Å². The number of hydrogen-bond donors (Lipinski definition) is 2. The van der Waals surface area contributed by atoms with Crippen molar-refractivity contribution >= 4 is 31.6 Å². The molecule has 0 amide bonds. The number of nitrogens with one attached hydrogen (secondary N) is 1. The Morgan fingerprint density at radius 1 is 1.19 bits per heavy atom. The summed E-state index contributed by atoms with van der Waals surface area (Å²) >= 11 is 3.00. The predicted octanol–water partition coefficient (Wildman–Crippen LogP) is 3.44. The highest BCUT2D eigenvalue weighted by molar-refractivity contribution is 9.10. The second-order valence-electron chi connectivity index (χ2n) is 4.48. The number of anilines is 1. The molecule has 0 spiro atoms. The fraction of sp³-hybridized carbons (Fsp3) is 0.143. The van der Waals surface area contributed by atoms with Crippen LogP contribution < -0.4 is 4.72 Å². The van der Waals surface area contributed by atoms with Gasteiger partial charge in [0.05, 0.1) is 21.2 Å². The monoisotopic (exact) mass is 373 g/mol. The molecule has 0 saturated heterocycles. The average molecular weight is 374 g/mol. The third-order valence-corrected chi connectivity index (χ3v) is 4.88. The first kappa shape index (κ1) is 15.9. The Kier molecular flexibility index (Phi) is 4.65. The number of hydrogen-bond acceptors (Lipinski definition) is 3. The number of rotatable bonds is 4. The predicted molar refractivity (Wildman–Crippen MR) is 82.0 cm³/mol. The Morgan fingerprint density at radius 2 is 1.81 bits per heavy atom. The van der Waals surface area contributed by atoms with Gasteiger partial charge < -0.3 is 5.11 Å². The molecule has 4 nitrogen and oxygen atoms in total. The third-order valence-electron chi connectivity index (χ3n) is 2.84. The minimum Gasteiger partial charge on any atom is -0.389 e. The van der Waals surface area contributed by atoms with Crippen molar-refractivity contribution in [3.8, 4) is 0 Å². The zero-order chi connectivity index (χ0) is 15.6. The Balaban J connectivity index is 2.27. The van der Waals surface area contributed by atoms with Crippen molar-refractivity contribution in [3.05, 3.63) is 58.3 Å². The van der Waals surface area contributed by atoms with Crippen molar-refractivity contribution in [2.45, 2.75) is 17.9 Å². The molecule has 2 N–H and O–H groups in total. The summed E-state index contributed by atoms with van der Waals surface area (Å²) in [6.45, 7) is 1.59. The van der Waals surface area contributed by atoms with Gasteiger partial charge in [0.2, 0.25) is 0 Å². The fourth-order valence-corrected chi connectivity index (χ4v) is 3.00. The van der Waals surface area contributed by atoms with Crippen molar-refractivity contribution in [1.29, 1.82) is 0 Å². The molecule has 0 radical (unpaired) electrons. The first-order valence-electron chi connectivity index (χ1n) is 6.05. The number of sulfonamides is 1. The molecule has 2 aromatic carbocycles. The Hall–Kier alpha value is -1.44. The summed E-state index contributed by atoms with van der Waals surface area (Å²) in [5.41, 5.74) is 0.749. The largest absolute Gasteiger partial charge is 0.389 e. The molecule has 0 fully saturated rings. The molecule has 112 valence electrons. The standard InChI is InChI=1S/C14H13BrFNO3S/c1-9(18)10-2-5-12(6-3-10)21(19,20)17-11-4-7-13(15)14(16)8-11/h2-9,17-18H,1H3. The molecule has 0 saturated carbocycles. The van der Waals surface area contributed by atoms with E-state index in [1.54, 1.807) is 6.92 Å². The van der Waals surface area contributed by atoms with Crippen molar-refractivity contribution in [2.24, 2.45) is 0 Å². The number of benzene rings is 2. The Morgan fingerprint density at radius 3 is 2.33 bits per heavy atom. The fourth-order valence-electron chi connectivity index (χ4n) is 1.70. The summed E-state index contributed by atoms with van der Waals surface area (Å²) in [6.07, 6.45) is -0.671. The highest BCUT2D eigenvalue weighted by Crippen LogP contribution is 2.22. The summed E-state index contributed by atoms with van der Waals surface area (Å²) in [4.78, 5) is 0.0372. The molecule has 7 heteroatoms. The highest BCUT2D eigenvalue weighted by atomic mass is 79.9. The number of aliphatic hydroxyl groups is 1. The van der Waals surface area contributed by atoms with Gasteiger partial charge in [0.15, 0.2) is 0 Å². The number of aliphatic hydroxyl groups excluding tert-OH is 1. The summed E-state index contributed by atoms with van der Waals surface area (Å²) in [6, 6.07) is 9.80. The lowest BCUT2D eigenvalue weighted by Gasteiger charge is -2.10. The summed E-state index contributed by atoms with van der Waals surface area (Å²) in [7, 11) is -3.80. The molecule has 0 aliphatic carbocycles. The molecule has 0 bridgehead atoms. The van der Waals surface area contributed by atoms with E-state index in [0.717, 1.165) is 6.07 Å². The maximum atomic E-state index is 13.4. The van der Waals surface area contributed by atoms with Crippen LogP contribution in [-0.2, 0) is 10.0 Å². The topological polar surface area (TPSA) is 66.4 Å². The van der Waals surface area contributed by atoms with E-state index in [2.05, 4.69) is 20.7 Å². The first-order valence-corrected chi connectivity index (χ1v) is 8.33. The van der Waals surface area contributed by atoms with Crippen LogP contribution in [0.15, 0.2) is 51.8 Å². The van der Waals surface area contributed by atoms with E-state index in [9.17, 15) is 17.9 Å². The van der Waals surface area contributed by atoms with Gasteiger partial charge in [-0.15, -0.1) is 0 Å². The van der Waals surface area contributed by atoms with Gasteiger partial charge >= 0.3 is 0 Å². The molecule has 0 heterocycles. The summed E-state index contributed by atoms with van der Waals surface area (Å²) in [5.74, 6) is -0.556. The average Bonchev–Trinajstić information content (AvgIpc) is 2.43. The van der Waals surface area contributed by atoms with Crippen molar-refractivity contribution in [2.75, 3.05) is 4.72 Å². The van der Waals surface area contributed by atoms with Gasteiger partial charge in [0.1, 0.15) is 5.82 Å².